The van der Waals surface area contributed by atoms with Crippen LogP contribution in [0.5, 0.6) is 0 Å². The van der Waals surface area contributed by atoms with Crippen LogP contribution in [0.15, 0.2) is 25.3 Å². The number of nitrogens with zero attached hydrogens (tertiary/aromatic N) is 2. The lowest BCUT2D eigenvalue weighted by molar-refractivity contribution is -0.884. The molecule has 0 bridgehead atoms. The lowest BCUT2D eigenvalue weighted by Gasteiger charge is -2.29. The van der Waals surface area contributed by atoms with Crippen LogP contribution in [0.4, 0.5) is 0 Å². The lowest BCUT2D eigenvalue weighted by atomic mass is 10.2. The molecule has 0 aromatic heterocycles. The molecule has 0 N–H and O–H groups in total. The van der Waals surface area contributed by atoms with Gasteiger partial charge in [-0.15, -0.1) is 0 Å². The number of quaternary nitrogens is 2. The first-order chi connectivity index (χ1) is 10.8. The summed E-state index contributed by atoms with van der Waals surface area (Å²) in [4.78, 5) is 22.0. The molecule has 8 nitrogen and oxygen atoms in total. The van der Waals surface area contributed by atoms with Crippen molar-refractivity contribution in [3.05, 3.63) is 25.3 Å². The first-order valence-corrected chi connectivity index (χ1v) is 8.73. The molecule has 0 rings (SSSR count). The van der Waals surface area contributed by atoms with Gasteiger partial charge in [0, 0.05) is 10.4 Å². The van der Waals surface area contributed by atoms with Crippen LogP contribution in [-0.2, 0) is 20.0 Å². The van der Waals surface area contributed by atoms with Crippen molar-refractivity contribution >= 4 is 22.0 Å². The summed E-state index contributed by atoms with van der Waals surface area (Å²) in [5.74, 6) is 0.208. The molecule has 0 saturated heterocycles. The molecule has 0 heterocycles. The van der Waals surface area contributed by atoms with Crippen molar-refractivity contribution in [3.8, 4) is 0 Å². The van der Waals surface area contributed by atoms with E-state index in [9.17, 15) is 9.59 Å². The first kappa shape index (κ1) is 28.4. The van der Waals surface area contributed by atoms with E-state index in [-0.39, 0.29) is 23.7 Å². The molecule has 0 fully saturated rings. The summed E-state index contributed by atoms with van der Waals surface area (Å²) >= 11 is 0. The van der Waals surface area contributed by atoms with Crippen molar-refractivity contribution in [1.29, 1.82) is 0 Å². The Morgan fingerprint density at radius 2 is 0.960 bits per heavy atom. The number of carbonyl (C=O) groups is 2. The molecule has 0 amide bonds. The average Bonchev–Trinajstić information content (AvgIpc) is 2.40. The molecule has 0 aliphatic heterocycles. The number of hydrogen-bond acceptors (Lipinski definition) is 6. The van der Waals surface area contributed by atoms with Crippen LogP contribution in [0.1, 0.15) is 13.8 Å². The summed E-state index contributed by atoms with van der Waals surface area (Å²) in [5, 5.41) is 0. The Labute approximate surface area is 152 Å². The van der Waals surface area contributed by atoms with E-state index in [0.29, 0.717) is 8.97 Å². The van der Waals surface area contributed by atoms with Gasteiger partial charge in [-0.3, -0.25) is 18.0 Å². The van der Waals surface area contributed by atoms with Gasteiger partial charge in [0.1, 0.15) is 12.1 Å². The summed E-state index contributed by atoms with van der Waals surface area (Å²) in [7, 11) is 6.79. The molecule has 2 atom stereocenters. The quantitative estimate of drug-likeness (QED) is 0.284. The maximum Gasteiger partial charge on any atom is 0.211 e. The maximum absolute atomic E-state index is 11.0. The summed E-state index contributed by atoms with van der Waals surface area (Å²) in [6.45, 7) is 10.7. The summed E-state index contributed by atoms with van der Waals surface area (Å²) < 4.78 is 35.4. The zero-order valence-electron chi connectivity index (χ0n) is 16.5. The Morgan fingerprint density at radius 3 is 1.00 bits per heavy atom. The summed E-state index contributed by atoms with van der Waals surface area (Å²) in [5.41, 5.74) is 0. The van der Waals surface area contributed by atoms with E-state index in [1.54, 1.807) is 0 Å². The highest BCUT2D eigenvalue weighted by Gasteiger charge is 2.24. The topological polar surface area (TPSA) is 114 Å². The lowest BCUT2D eigenvalue weighted by Crippen LogP contribution is -2.47. The molecule has 2 unspecified atom stereocenters. The summed E-state index contributed by atoms with van der Waals surface area (Å²) in [6.07, 6.45) is 2.77. The van der Waals surface area contributed by atoms with E-state index in [2.05, 4.69) is 13.2 Å². The van der Waals surface area contributed by atoms with Gasteiger partial charge in [0.2, 0.25) is 11.6 Å². The second kappa shape index (κ2) is 11.3. The van der Waals surface area contributed by atoms with Gasteiger partial charge >= 0.3 is 0 Å². The zero-order chi connectivity index (χ0) is 21.2. The van der Waals surface area contributed by atoms with Crippen LogP contribution in [0.25, 0.3) is 0 Å². The Hall–Kier alpha value is -1.39. The molecular formula is C16H32N2O6S. The Bertz CT molecular complexity index is 512. The molecule has 0 aromatic rings. The maximum atomic E-state index is 11.0. The minimum absolute atomic E-state index is 0.0116. The summed E-state index contributed by atoms with van der Waals surface area (Å²) in [6, 6.07) is 0.0231. The minimum Gasteiger partial charge on any atom is -0.759 e. The van der Waals surface area contributed by atoms with Gasteiger partial charge in [-0.05, 0) is 26.0 Å². The molecule has 148 valence electrons. The largest absolute Gasteiger partial charge is 0.759 e. The van der Waals surface area contributed by atoms with E-state index >= 15 is 0 Å². The number of carbonyl (C=O) groups excluding carboxylic acids is 2. The van der Waals surface area contributed by atoms with Crippen molar-refractivity contribution in [1.82, 2.24) is 0 Å². The van der Waals surface area contributed by atoms with E-state index in [1.807, 2.05) is 56.1 Å². The molecule has 0 aromatic carbocycles. The van der Waals surface area contributed by atoms with E-state index in [1.165, 1.54) is 12.2 Å². The van der Waals surface area contributed by atoms with Gasteiger partial charge in [-0.25, -0.2) is 0 Å². The highest BCUT2D eigenvalue weighted by molar-refractivity contribution is 7.79. The van der Waals surface area contributed by atoms with Crippen LogP contribution >= 0.6 is 0 Å². The highest BCUT2D eigenvalue weighted by Crippen LogP contribution is 2.03. The second-order valence-electron chi connectivity index (χ2n) is 7.21. The predicted molar refractivity (Wildman–Crippen MR) is 95.9 cm³/mol. The monoisotopic (exact) mass is 380 g/mol. The highest BCUT2D eigenvalue weighted by atomic mass is 32.3. The molecule has 0 aliphatic rings. The third-order valence-electron chi connectivity index (χ3n) is 3.55. The van der Waals surface area contributed by atoms with Crippen LogP contribution in [-0.4, -0.2) is 92.4 Å². The Balaban J connectivity index is -0.000000308. The molecule has 0 saturated carbocycles. The van der Waals surface area contributed by atoms with Gasteiger partial charge in [0.25, 0.3) is 0 Å². The zero-order valence-corrected chi connectivity index (χ0v) is 17.3. The third-order valence-corrected chi connectivity index (χ3v) is 3.55. The van der Waals surface area contributed by atoms with Crippen molar-refractivity contribution < 1.29 is 36.1 Å². The van der Waals surface area contributed by atoms with E-state index < -0.39 is 10.4 Å². The smallest absolute Gasteiger partial charge is 0.211 e. The van der Waals surface area contributed by atoms with Crippen LogP contribution in [0.2, 0.25) is 0 Å². The predicted octanol–water partition coefficient (Wildman–Crippen LogP) is 0.334. The molecular weight excluding hydrogens is 348 g/mol. The SMILES string of the molecule is C=CC(=O)C(C)[N+](C)(C)C.C=CC(=O)C(C)[N+](C)(C)C.O=S(=O)([O-])[O-]. The van der Waals surface area contributed by atoms with Crippen LogP contribution in [0.3, 0.4) is 0 Å². The van der Waals surface area contributed by atoms with Gasteiger partial charge in [-0.1, -0.05) is 13.2 Å². The molecule has 0 radical (unpaired) electrons. The van der Waals surface area contributed by atoms with Gasteiger partial charge in [-0.2, -0.15) is 0 Å². The fourth-order valence-electron chi connectivity index (χ4n) is 1.10. The normalized spacial score (nSPS) is 13.8. The fraction of sp³-hybridized carbons (Fsp3) is 0.625. The van der Waals surface area contributed by atoms with E-state index in [4.69, 9.17) is 17.5 Å². The molecule has 25 heavy (non-hydrogen) atoms. The third kappa shape index (κ3) is 18.8. The first-order valence-electron chi connectivity index (χ1n) is 7.40. The Morgan fingerprint density at radius 1 is 0.800 bits per heavy atom. The second-order valence-corrected chi connectivity index (χ2v) is 8.02. The number of ketones is 2. The fourth-order valence-corrected chi connectivity index (χ4v) is 1.10. The van der Waals surface area contributed by atoms with Crippen LogP contribution < -0.4 is 0 Å². The van der Waals surface area contributed by atoms with E-state index in [0.717, 1.165) is 0 Å². The van der Waals surface area contributed by atoms with Crippen molar-refractivity contribution in [2.45, 2.75) is 25.9 Å². The van der Waals surface area contributed by atoms with Gasteiger partial charge in [0.05, 0.1) is 42.3 Å². The van der Waals surface area contributed by atoms with Gasteiger partial charge < -0.3 is 18.1 Å². The standard InChI is InChI=1S/2C8H16NO.H2O4S/c2*1-6-8(10)7(2)9(3,4)5;1-5(2,3)4/h2*6-7H,1H2,2-5H3;(H2,1,2,3,4)/q2*+1;/p-2. The minimum atomic E-state index is -5.17. The van der Waals surface area contributed by atoms with Crippen molar-refractivity contribution in [2.24, 2.45) is 0 Å². The molecule has 0 spiro atoms. The van der Waals surface area contributed by atoms with Gasteiger partial charge in [0.15, 0.2) is 0 Å². The average molecular weight is 381 g/mol. The van der Waals surface area contributed by atoms with Crippen LogP contribution in [0, 0.1) is 0 Å². The number of hydrogen-bond donors (Lipinski definition) is 0. The Kier molecular flexibility index (Phi) is 12.8. The van der Waals surface area contributed by atoms with Crippen molar-refractivity contribution in [2.75, 3.05) is 42.3 Å². The number of rotatable bonds is 6. The molecule has 0 aliphatic carbocycles. The number of likely N-dealkylation sites (N-methyl/N-ethyl adjacent to an activating group) is 2. The van der Waals surface area contributed by atoms with Crippen molar-refractivity contribution in [3.63, 3.8) is 0 Å². The molecule has 9 heteroatoms.